The van der Waals surface area contributed by atoms with Crippen molar-refractivity contribution < 1.29 is 0 Å². The van der Waals surface area contributed by atoms with Gasteiger partial charge in [-0.05, 0) is 42.2 Å². The molecule has 0 aliphatic heterocycles. The highest BCUT2D eigenvalue weighted by Gasteiger charge is 2.54. The third-order valence-corrected chi connectivity index (χ3v) is 4.72. The molecule has 4 heteroatoms. The summed E-state index contributed by atoms with van der Waals surface area (Å²) < 4.78 is 0. The Labute approximate surface area is 123 Å². The van der Waals surface area contributed by atoms with Crippen LogP contribution in [0.15, 0.2) is 30.3 Å². The van der Waals surface area contributed by atoms with Crippen LogP contribution in [-0.4, -0.2) is 16.5 Å². The smallest absolute Gasteiger partial charge is 0.134 e. The zero-order chi connectivity index (χ0) is 13.7. The molecule has 2 aliphatic rings. The van der Waals surface area contributed by atoms with Crippen molar-refractivity contribution in [3.63, 3.8) is 0 Å². The summed E-state index contributed by atoms with van der Waals surface area (Å²) in [6.07, 6.45) is 1.23. The fourth-order valence-electron chi connectivity index (χ4n) is 3.61. The van der Waals surface area contributed by atoms with Gasteiger partial charge in [0, 0.05) is 12.6 Å². The standard InChI is InChI=1S/C16H16ClN3/c1-9-19-14(17)7-15(20-9)18-8-13-12-6-10-4-2-3-5-11(10)16(12)13/h2-5,7,12-13,16H,6,8H2,1H3,(H,18,19,20). The second-order valence-electron chi connectivity index (χ2n) is 5.76. The molecule has 1 heterocycles. The zero-order valence-electron chi connectivity index (χ0n) is 11.3. The number of halogens is 1. The predicted molar refractivity (Wildman–Crippen MR) is 80.1 cm³/mol. The quantitative estimate of drug-likeness (QED) is 0.878. The summed E-state index contributed by atoms with van der Waals surface area (Å²) in [5, 5.41) is 3.91. The van der Waals surface area contributed by atoms with Crippen LogP contribution in [0, 0.1) is 18.8 Å². The fraction of sp³-hybridized carbons (Fsp3) is 0.375. The van der Waals surface area contributed by atoms with Gasteiger partial charge in [0.25, 0.3) is 0 Å². The van der Waals surface area contributed by atoms with Gasteiger partial charge in [0.15, 0.2) is 0 Å². The molecule has 3 atom stereocenters. The summed E-state index contributed by atoms with van der Waals surface area (Å²) in [6, 6.07) is 10.6. The van der Waals surface area contributed by atoms with Gasteiger partial charge in [-0.2, -0.15) is 0 Å². The van der Waals surface area contributed by atoms with Crippen molar-refractivity contribution in [2.75, 3.05) is 11.9 Å². The largest absolute Gasteiger partial charge is 0.370 e. The number of nitrogens with one attached hydrogen (secondary N) is 1. The average Bonchev–Trinajstić information content (AvgIpc) is 2.94. The van der Waals surface area contributed by atoms with Crippen LogP contribution in [0.1, 0.15) is 22.9 Å². The van der Waals surface area contributed by atoms with Gasteiger partial charge in [-0.1, -0.05) is 35.9 Å². The Morgan fingerprint density at radius 1 is 1.30 bits per heavy atom. The maximum Gasteiger partial charge on any atom is 0.134 e. The van der Waals surface area contributed by atoms with Crippen molar-refractivity contribution in [1.82, 2.24) is 9.97 Å². The van der Waals surface area contributed by atoms with Gasteiger partial charge in [-0.3, -0.25) is 0 Å². The lowest BCUT2D eigenvalue weighted by molar-refractivity contribution is 0.717. The van der Waals surface area contributed by atoms with Crippen molar-refractivity contribution in [2.45, 2.75) is 19.3 Å². The van der Waals surface area contributed by atoms with Gasteiger partial charge >= 0.3 is 0 Å². The molecule has 20 heavy (non-hydrogen) atoms. The van der Waals surface area contributed by atoms with Gasteiger partial charge in [0.2, 0.25) is 0 Å². The van der Waals surface area contributed by atoms with Crippen LogP contribution < -0.4 is 5.32 Å². The van der Waals surface area contributed by atoms with Crippen LogP contribution >= 0.6 is 11.6 Å². The van der Waals surface area contributed by atoms with E-state index in [1.807, 2.05) is 6.92 Å². The van der Waals surface area contributed by atoms with E-state index in [-0.39, 0.29) is 0 Å². The molecular weight excluding hydrogens is 270 g/mol. The van der Waals surface area contributed by atoms with Crippen LogP contribution in [0.5, 0.6) is 0 Å². The maximum absolute atomic E-state index is 5.95. The number of nitrogens with zero attached hydrogens (tertiary/aromatic N) is 2. The molecule has 0 saturated heterocycles. The van der Waals surface area contributed by atoms with E-state index >= 15 is 0 Å². The lowest BCUT2D eigenvalue weighted by atomic mass is 10.0. The molecular formula is C16H16ClN3. The van der Waals surface area contributed by atoms with Crippen molar-refractivity contribution in [3.8, 4) is 0 Å². The first-order chi connectivity index (χ1) is 9.72. The van der Waals surface area contributed by atoms with Crippen LogP contribution in [0.2, 0.25) is 5.15 Å². The monoisotopic (exact) mass is 285 g/mol. The number of anilines is 1. The highest BCUT2D eigenvalue weighted by atomic mass is 35.5. The highest BCUT2D eigenvalue weighted by molar-refractivity contribution is 6.29. The Bertz CT molecular complexity index is 650. The first-order valence-corrected chi connectivity index (χ1v) is 7.43. The molecule has 1 N–H and O–H groups in total. The fourth-order valence-corrected chi connectivity index (χ4v) is 3.83. The summed E-state index contributed by atoms with van der Waals surface area (Å²) >= 11 is 5.95. The second-order valence-corrected chi connectivity index (χ2v) is 6.15. The Morgan fingerprint density at radius 2 is 2.15 bits per heavy atom. The summed E-state index contributed by atoms with van der Waals surface area (Å²) in [6.45, 7) is 2.83. The summed E-state index contributed by atoms with van der Waals surface area (Å²) in [4.78, 5) is 8.44. The Hall–Kier alpha value is -1.61. The highest BCUT2D eigenvalue weighted by Crippen LogP contribution is 2.61. The molecule has 1 saturated carbocycles. The minimum absolute atomic E-state index is 0.501. The minimum Gasteiger partial charge on any atom is -0.370 e. The molecule has 102 valence electrons. The molecule has 2 aromatic rings. The van der Waals surface area contributed by atoms with E-state index in [4.69, 9.17) is 11.6 Å². The predicted octanol–water partition coefficient (Wildman–Crippen LogP) is 3.44. The summed E-state index contributed by atoms with van der Waals surface area (Å²) in [5.74, 6) is 3.84. The molecule has 1 aromatic carbocycles. The van der Waals surface area contributed by atoms with E-state index < -0.39 is 0 Å². The zero-order valence-corrected chi connectivity index (χ0v) is 12.1. The van der Waals surface area contributed by atoms with E-state index in [2.05, 4.69) is 39.6 Å². The molecule has 1 aromatic heterocycles. The lowest BCUT2D eigenvalue weighted by Gasteiger charge is -2.09. The number of rotatable bonds is 3. The Morgan fingerprint density at radius 3 is 3.00 bits per heavy atom. The number of aryl methyl sites for hydroxylation is 1. The third-order valence-electron chi connectivity index (χ3n) is 4.53. The van der Waals surface area contributed by atoms with E-state index in [0.717, 1.165) is 30.1 Å². The normalized spacial score (nSPS) is 26.0. The van der Waals surface area contributed by atoms with Gasteiger partial charge in [0.05, 0.1) is 0 Å². The topological polar surface area (TPSA) is 37.8 Å². The van der Waals surface area contributed by atoms with Gasteiger partial charge < -0.3 is 5.32 Å². The Kier molecular flexibility index (Phi) is 2.71. The molecule has 2 aliphatic carbocycles. The molecule has 0 spiro atoms. The van der Waals surface area contributed by atoms with Crippen LogP contribution in [0.25, 0.3) is 0 Å². The SMILES string of the molecule is Cc1nc(Cl)cc(NCC2C3Cc4ccccc4C23)n1. The van der Waals surface area contributed by atoms with E-state index in [1.165, 1.54) is 6.42 Å². The van der Waals surface area contributed by atoms with Crippen LogP contribution in [0.3, 0.4) is 0 Å². The average molecular weight is 286 g/mol. The van der Waals surface area contributed by atoms with Gasteiger partial charge in [-0.15, -0.1) is 0 Å². The van der Waals surface area contributed by atoms with Crippen molar-refractivity contribution in [1.29, 1.82) is 0 Å². The number of fused-ring (bicyclic) bond motifs is 3. The van der Waals surface area contributed by atoms with Crippen molar-refractivity contribution in [3.05, 3.63) is 52.4 Å². The lowest BCUT2D eigenvalue weighted by Crippen LogP contribution is -2.10. The first kappa shape index (κ1) is 12.2. The molecule has 3 unspecified atom stereocenters. The molecule has 0 amide bonds. The third kappa shape index (κ3) is 1.97. The van der Waals surface area contributed by atoms with Gasteiger partial charge in [0.1, 0.15) is 16.8 Å². The number of benzene rings is 1. The first-order valence-electron chi connectivity index (χ1n) is 7.05. The second kappa shape index (κ2) is 4.45. The van der Waals surface area contributed by atoms with Gasteiger partial charge in [-0.25, -0.2) is 9.97 Å². The molecule has 0 radical (unpaired) electrons. The number of hydrogen-bond donors (Lipinski definition) is 1. The van der Waals surface area contributed by atoms with Crippen molar-refractivity contribution >= 4 is 17.4 Å². The van der Waals surface area contributed by atoms with E-state index in [9.17, 15) is 0 Å². The summed E-state index contributed by atoms with van der Waals surface area (Å²) in [5.41, 5.74) is 3.10. The maximum atomic E-state index is 5.95. The number of hydrogen-bond acceptors (Lipinski definition) is 3. The van der Waals surface area contributed by atoms with Crippen molar-refractivity contribution in [2.24, 2.45) is 11.8 Å². The Balaban J connectivity index is 1.44. The molecule has 1 fully saturated rings. The summed E-state index contributed by atoms with van der Waals surface area (Å²) in [7, 11) is 0. The number of aromatic nitrogens is 2. The van der Waals surface area contributed by atoms with Crippen LogP contribution in [0.4, 0.5) is 5.82 Å². The minimum atomic E-state index is 0.501. The molecule has 0 bridgehead atoms. The molecule has 4 rings (SSSR count). The van der Waals surface area contributed by atoms with E-state index in [0.29, 0.717) is 11.0 Å². The van der Waals surface area contributed by atoms with E-state index in [1.54, 1.807) is 17.2 Å². The molecule has 3 nitrogen and oxygen atoms in total. The van der Waals surface area contributed by atoms with Crippen LogP contribution in [-0.2, 0) is 6.42 Å².